The number of fused-ring (bicyclic) bond motifs is 1. The van der Waals surface area contributed by atoms with E-state index >= 15 is 0 Å². The van der Waals surface area contributed by atoms with E-state index in [0.717, 1.165) is 23.6 Å². The highest BCUT2D eigenvalue weighted by Gasteiger charge is 2.16. The molecule has 1 atom stereocenters. The molecule has 0 radical (unpaired) electrons. The van der Waals surface area contributed by atoms with Crippen LogP contribution in [0.4, 0.5) is 5.69 Å². The van der Waals surface area contributed by atoms with E-state index in [-0.39, 0.29) is 12.5 Å². The topological polar surface area (TPSA) is 78.4 Å². The molecule has 24 heavy (non-hydrogen) atoms. The molecule has 5 heteroatoms. The first-order valence-electron chi connectivity index (χ1n) is 8.33. The van der Waals surface area contributed by atoms with Crippen molar-refractivity contribution in [1.82, 2.24) is 5.32 Å². The van der Waals surface area contributed by atoms with Crippen LogP contribution in [0, 0.1) is 5.92 Å². The van der Waals surface area contributed by atoms with E-state index in [1.54, 1.807) is 6.07 Å². The van der Waals surface area contributed by atoms with Crippen LogP contribution >= 0.6 is 0 Å². The highest BCUT2D eigenvalue weighted by molar-refractivity contribution is 6.39. The van der Waals surface area contributed by atoms with Crippen molar-refractivity contribution in [3.63, 3.8) is 0 Å². The van der Waals surface area contributed by atoms with Crippen LogP contribution < -0.4 is 10.6 Å². The van der Waals surface area contributed by atoms with Crippen LogP contribution in [-0.4, -0.2) is 30.1 Å². The standard InChI is InChI=1S/C19H24N2O3/c1-2-5-14(10-11-22)13-20-18(23)19(24)21-17-9-8-15-6-3-4-7-16(15)12-17/h3-4,6-9,12,14,22H,2,5,10-11,13H2,1H3,(H,20,23)(H,21,24). The highest BCUT2D eigenvalue weighted by Crippen LogP contribution is 2.18. The van der Waals surface area contributed by atoms with Gasteiger partial charge < -0.3 is 15.7 Å². The number of rotatable bonds is 7. The average molecular weight is 328 g/mol. The molecule has 0 aliphatic rings. The summed E-state index contributed by atoms with van der Waals surface area (Å²) >= 11 is 0. The molecule has 2 rings (SSSR count). The molecule has 0 saturated carbocycles. The number of nitrogens with one attached hydrogen (secondary N) is 2. The molecule has 5 nitrogen and oxygen atoms in total. The maximum absolute atomic E-state index is 12.0. The molecule has 0 bridgehead atoms. The predicted molar refractivity (Wildman–Crippen MR) is 95.7 cm³/mol. The van der Waals surface area contributed by atoms with Crippen LogP contribution in [0.5, 0.6) is 0 Å². The van der Waals surface area contributed by atoms with Crippen LogP contribution in [0.1, 0.15) is 26.2 Å². The van der Waals surface area contributed by atoms with E-state index in [0.29, 0.717) is 18.7 Å². The van der Waals surface area contributed by atoms with Crippen LogP contribution in [-0.2, 0) is 9.59 Å². The minimum Gasteiger partial charge on any atom is -0.396 e. The predicted octanol–water partition coefficient (Wildman–Crippen LogP) is 2.69. The first kappa shape index (κ1) is 17.9. The molecule has 0 heterocycles. The van der Waals surface area contributed by atoms with Crippen LogP contribution in [0.3, 0.4) is 0 Å². The monoisotopic (exact) mass is 328 g/mol. The Bertz CT molecular complexity index is 694. The van der Waals surface area contributed by atoms with E-state index in [9.17, 15) is 9.59 Å². The third-order valence-electron chi connectivity index (χ3n) is 4.00. The van der Waals surface area contributed by atoms with E-state index in [1.807, 2.05) is 36.4 Å². The molecule has 2 aromatic rings. The molecule has 128 valence electrons. The van der Waals surface area contributed by atoms with Crippen molar-refractivity contribution < 1.29 is 14.7 Å². The summed E-state index contributed by atoms with van der Waals surface area (Å²) in [5.74, 6) is -1.14. The second-order valence-electron chi connectivity index (χ2n) is 5.89. The molecule has 0 aromatic heterocycles. The van der Waals surface area contributed by atoms with Gasteiger partial charge in [-0.1, -0.05) is 43.7 Å². The lowest BCUT2D eigenvalue weighted by atomic mass is 10.0. The Kier molecular flexibility index (Phi) is 6.75. The largest absolute Gasteiger partial charge is 0.396 e. The molecular formula is C19H24N2O3. The molecule has 0 saturated heterocycles. The van der Waals surface area contributed by atoms with Gasteiger partial charge >= 0.3 is 11.8 Å². The summed E-state index contributed by atoms with van der Waals surface area (Å²) in [7, 11) is 0. The van der Waals surface area contributed by atoms with Gasteiger partial charge in [-0.3, -0.25) is 9.59 Å². The lowest BCUT2D eigenvalue weighted by Gasteiger charge is -2.15. The Balaban J connectivity index is 1.91. The molecule has 2 aromatic carbocycles. The second kappa shape index (κ2) is 9.03. The van der Waals surface area contributed by atoms with Gasteiger partial charge in [0.15, 0.2) is 0 Å². The molecule has 2 amide bonds. The molecular weight excluding hydrogens is 304 g/mol. The summed E-state index contributed by atoms with van der Waals surface area (Å²) in [6.45, 7) is 2.54. The summed E-state index contributed by atoms with van der Waals surface area (Å²) < 4.78 is 0. The van der Waals surface area contributed by atoms with Crippen LogP contribution in [0.2, 0.25) is 0 Å². The zero-order valence-electron chi connectivity index (χ0n) is 13.9. The Morgan fingerprint density at radius 2 is 1.79 bits per heavy atom. The van der Waals surface area contributed by atoms with Gasteiger partial charge in [-0.2, -0.15) is 0 Å². The Hall–Kier alpha value is -2.40. The summed E-state index contributed by atoms with van der Waals surface area (Å²) in [5, 5.41) is 16.4. The van der Waals surface area contributed by atoms with Crippen molar-refractivity contribution in [2.24, 2.45) is 5.92 Å². The van der Waals surface area contributed by atoms with Gasteiger partial charge in [-0.15, -0.1) is 0 Å². The molecule has 0 spiro atoms. The van der Waals surface area contributed by atoms with E-state index in [1.165, 1.54) is 0 Å². The number of amides is 2. The Morgan fingerprint density at radius 1 is 1.04 bits per heavy atom. The summed E-state index contributed by atoms with van der Waals surface area (Å²) in [5.41, 5.74) is 0.592. The van der Waals surface area contributed by atoms with E-state index in [4.69, 9.17) is 5.11 Å². The lowest BCUT2D eigenvalue weighted by Crippen LogP contribution is -2.38. The number of hydrogen-bond donors (Lipinski definition) is 3. The smallest absolute Gasteiger partial charge is 0.313 e. The van der Waals surface area contributed by atoms with Gasteiger partial charge in [-0.25, -0.2) is 0 Å². The van der Waals surface area contributed by atoms with E-state index in [2.05, 4.69) is 17.6 Å². The fraction of sp³-hybridized carbons (Fsp3) is 0.368. The van der Waals surface area contributed by atoms with Gasteiger partial charge in [-0.05, 0) is 41.7 Å². The third-order valence-corrected chi connectivity index (χ3v) is 4.00. The molecule has 0 aliphatic heterocycles. The maximum Gasteiger partial charge on any atom is 0.313 e. The van der Waals surface area contributed by atoms with Gasteiger partial charge in [0.2, 0.25) is 0 Å². The number of anilines is 1. The fourth-order valence-corrected chi connectivity index (χ4v) is 2.71. The van der Waals surface area contributed by atoms with Crippen LogP contribution in [0.15, 0.2) is 42.5 Å². The number of benzene rings is 2. The molecule has 0 aliphatic carbocycles. The zero-order chi connectivity index (χ0) is 17.4. The lowest BCUT2D eigenvalue weighted by molar-refractivity contribution is -0.136. The minimum absolute atomic E-state index is 0.0871. The van der Waals surface area contributed by atoms with Crippen molar-refractivity contribution in [2.45, 2.75) is 26.2 Å². The van der Waals surface area contributed by atoms with Crippen LogP contribution in [0.25, 0.3) is 10.8 Å². The fourth-order valence-electron chi connectivity index (χ4n) is 2.71. The molecule has 1 unspecified atom stereocenters. The van der Waals surface area contributed by atoms with Gasteiger partial charge in [0, 0.05) is 18.8 Å². The minimum atomic E-state index is -0.676. The number of carbonyl (C=O) groups excluding carboxylic acids is 2. The zero-order valence-corrected chi connectivity index (χ0v) is 13.9. The number of carbonyl (C=O) groups is 2. The first-order chi connectivity index (χ1) is 11.6. The van der Waals surface area contributed by atoms with Gasteiger partial charge in [0.25, 0.3) is 0 Å². The van der Waals surface area contributed by atoms with Crippen molar-refractivity contribution >= 4 is 28.3 Å². The highest BCUT2D eigenvalue weighted by atomic mass is 16.3. The Morgan fingerprint density at radius 3 is 2.50 bits per heavy atom. The van der Waals surface area contributed by atoms with Crippen molar-refractivity contribution in [1.29, 1.82) is 0 Å². The summed E-state index contributed by atoms with van der Waals surface area (Å²) in [4.78, 5) is 23.9. The van der Waals surface area contributed by atoms with Crippen molar-refractivity contribution in [3.8, 4) is 0 Å². The van der Waals surface area contributed by atoms with Gasteiger partial charge in [0.1, 0.15) is 0 Å². The molecule has 0 fully saturated rings. The van der Waals surface area contributed by atoms with E-state index < -0.39 is 11.8 Å². The maximum atomic E-state index is 12.0. The number of hydrogen-bond acceptors (Lipinski definition) is 3. The summed E-state index contributed by atoms with van der Waals surface area (Å²) in [6, 6.07) is 13.3. The number of aliphatic hydroxyl groups is 1. The van der Waals surface area contributed by atoms with Gasteiger partial charge in [0.05, 0.1) is 0 Å². The average Bonchev–Trinajstić information content (AvgIpc) is 2.59. The Labute approximate surface area is 142 Å². The SMILES string of the molecule is CCCC(CCO)CNC(=O)C(=O)Nc1ccc2ccccc2c1. The van der Waals surface area contributed by atoms with Crippen molar-refractivity contribution in [3.05, 3.63) is 42.5 Å². The first-order valence-corrected chi connectivity index (χ1v) is 8.33. The van der Waals surface area contributed by atoms with Crippen molar-refractivity contribution in [2.75, 3.05) is 18.5 Å². The quantitative estimate of drug-likeness (QED) is 0.684. The number of aliphatic hydroxyl groups excluding tert-OH is 1. The third kappa shape index (κ3) is 5.06. The summed E-state index contributed by atoms with van der Waals surface area (Å²) in [6.07, 6.45) is 2.51. The molecule has 3 N–H and O–H groups in total. The second-order valence-corrected chi connectivity index (χ2v) is 5.89. The normalized spacial score (nSPS) is 11.9.